The van der Waals surface area contributed by atoms with Crippen molar-refractivity contribution in [2.24, 2.45) is 52.9 Å². The minimum atomic E-state index is -3.03. The van der Waals surface area contributed by atoms with E-state index in [4.69, 9.17) is 11.5 Å². The molecule has 8 N–H and O–H groups in total. The summed E-state index contributed by atoms with van der Waals surface area (Å²) < 4.78 is 15.0. The van der Waals surface area contributed by atoms with E-state index in [1.165, 1.54) is 77.8 Å². The maximum absolute atomic E-state index is 15.3. The second kappa shape index (κ2) is 36.5. The third-order valence-corrected chi connectivity index (χ3v) is 16.2. The molecule has 0 aliphatic rings. The summed E-state index contributed by atoms with van der Waals surface area (Å²) >= 11 is 0. The average Bonchev–Trinajstić information content (AvgIpc) is 0.871. The number of Topliss-reactive ketones (excluding diaryl/α,β-unsaturated/α-hetero) is 1. The van der Waals surface area contributed by atoms with Gasteiger partial charge in [-0.3, -0.25) is 57.2 Å². The van der Waals surface area contributed by atoms with Gasteiger partial charge in [-0.05, 0) is 102 Å². The van der Waals surface area contributed by atoms with E-state index in [0.717, 1.165) is 28.7 Å². The minimum Gasteiger partial charge on any atom is -0.479 e. The number of aliphatic hydroxyl groups is 1. The third-order valence-electron chi connectivity index (χ3n) is 16.2. The first-order chi connectivity index (χ1) is 40.0. The molecule has 0 spiro atoms. The number of allylic oxidation sites excluding steroid dienone is 2. The van der Waals surface area contributed by atoms with E-state index in [2.05, 4.69) is 10.6 Å². The monoisotopic (exact) mass is 1240 g/mol. The summed E-state index contributed by atoms with van der Waals surface area (Å²) in [6.07, 6.45) is 2.36. The van der Waals surface area contributed by atoms with Crippen molar-refractivity contribution in [3.05, 3.63) is 12.2 Å². The van der Waals surface area contributed by atoms with Crippen LogP contribution in [-0.4, -0.2) is 238 Å². The molecule has 0 rings (SSSR count). The number of carboxylic acid groups (broad SMARTS) is 1. The maximum Gasteiger partial charge on any atom is 0.337 e. The number of nitrogens with one attached hydrogen (secondary N) is 2. The molecule has 0 aromatic carbocycles. The van der Waals surface area contributed by atoms with Gasteiger partial charge < -0.3 is 61.7 Å². The first kappa shape index (κ1) is 81.1. The molecule has 0 saturated heterocycles. The zero-order valence-electron chi connectivity index (χ0n) is 56.7. The molecular weight excluding hydrogens is 1130 g/mol. The number of nitrogens with two attached hydrogens (primary N) is 2. The highest BCUT2D eigenvalue weighted by atomic mass is 19.1. The van der Waals surface area contributed by atoms with Crippen molar-refractivity contribution in [2.75, 3.05) is 62.6 Å². The number of carbonyl (C=O) groups excluding carboxylic acids is 10. The second-order valence-electron chi connectivity index (χ2n) is 26.0. The Labute approximate surface area is 518 Å². The van der Waals surface area contributed by atoms with Crippen LogP contribution in [0.1, 0.15) is 149 Å². The molecule has 0 radical (unpaired) electrons. The van der Waals surface area contributed by atoms with E-state index in [1.807, 2.05) is 27.7 Å². The zero-order valence-corrected chi connectivity index (χ0v) is 56.7. The highest BCUT2D eigenvalue weighted by Gasteiger charge is 2.57. The van der Waals surface area contributed by atoms with Crippen LogP contribution in [0, 0.1) is 41.4 Å². The third kappa shape index (κ3) is 21.7. The first-order valence-electron chi connectivity index (χ1n) is 30.6. The van der Waals surface area contributed by atoms with Gasteiger partial charge in [0, 0.05) is 48.2 Å². The van der Waals surface area contributed by atoms with Crippen molar-refractivity contribution in [1.82, 2.24) is 44.9 Å². The molecule has 9 amide bonds. The Hall–Kier alpha value is -5.92. The lowest BCUT2D eigenvalue weighted by atomic mass is 9.82. The van der Waals surface area contributed by atoms with E-state index >= 15 is 4.79 Å². The standard InChI is InChI=1S/C62H112FN11O13/c1-24-26-27-39(13)51(76)49(66-17)52(77)62(16,61(86)87)74(55(80)42(65)25-2)58(83)46(31-37(9)10)72(22)59(84)48(40(14)32-63)67-53(78)43(28-34(3)4)69(19)47(75)33-68(18)60(85)50(38(11)12)73(23)57(82)45(30-36(7)8)71(21)56(81)44(29-35(5)6)70(20)54(79)41(15)64/h24,26,34-46,48-51,66,76H,25,27-33,64-65H2,1-23H3,(H,67,78)(H,86,87)/b26-24+/t39-,40?,41-,42?,43+,44+,45+,46+,48+,49+,50+,51-,62-/m1/s1. The summed E-state index contributed by atoms with van der Waals surface area (Å²) in [5.74, 6) is -13.9. The molecule has 25 heteroatoms. The molecule has 13 atom stereocenters. The first-order valence-corrected chi connectivity index (χ1v) is 30.6. The van der Waals surface area contributed by atoms with Crippen LogP contribution in [0.3, 0.4) is 0 Å². The fourth-order valence-corrected chi connectivity index (χ4v) is 10.5. The Bertz CT molecular complexity index is 2370. The second-order valence-corrected chi connectivity index (χ2v) is 26.0. The van der Waals surface area contributed by atoms with E-state index in [9.17, 15) is 62.5 Å². The number of carbonyl (C=O) groups is 11. The zero-order chi connectivity index (χ0) is 68.2. The lowest BCUT2D eigenvalue weighted by molar-refractivity contribution is -0.174. The number of aliphatic carboxylic acids is 1. The molecule has 0 aromatic rings. The summed E-state index contributed by atoms with van der Waals surface area (Å²) in [4.78, 5) is 166. The minimum absolute atomic E-state index is 0.00351. The maximum atomic E-state index is 15.3. The van der Waals surface area contributed by atoms with Crippen molar-refractivity contribution in [2.45, 2.75) is 215 Å². The van der Waals surface area contributed by atoms with E-state index in [-0.39, 0.29) is 61.2 Å². The molecule has 87 heavy (non-hydrogen) atoms. The topological polar surface area (TPSA) is 327 Å². The largest absolute Gasteiger partial charge is 0.479 e. The Morgan fingerprint density at radius 1 is 0.575 bits per heavy atom. The summed E-state index contributed by atoms with van der Waals surface area (Å²) in [6, 6.07) is -12.0. The molecular formula is C62H112FN11O13. The summed E-state index contributed by atoms with van der Waals surface area (Å²) in [5, 5.41) is 27.7. The van der Waals surface area contributed by atoms with Gasteiger partial charge >= 0.3 is 5.97 Å². The number of hydrogen-bond donors (Lipinski definition) is 6. The van der Waals surface area contributed by atoms with Crippen LogP contribution in [0.5, 0.6) is 0 Å². The van der Waals surface area contributed by atoms with Crippen molar-refractivity contribution in [3.8, 4) is 0 Å². The Balaban J connectivity index is 7.46. The number of carboxylic acids is 1. The number of hydrogen-bond acceptors (Lipinski definition) is 15. The number of nitrogens with zero attached hydrogens (tertiary/aromatic N) is 7. The average molecular weight is 1240 g/mol. The van der Waals surface area contributed by atoms with Gasteiger partial charge in [-0.25, -0.2) is 4.79 Å². The highest BCUT2D eigenvalue weighted by molar-refractivity contribution is 6.18. The van der Waals surface area contributed by atoms with E-state index in [1.54, 1.807) is 67.5 Å². The van der Waals surface area contributed by atoms with Gasteiger partial charge in [-0.1, -0.05) is 102 Å². The SMILES string of the molecule is C/C=C/C[C@@H](C)[C@@H](O)[C@H](NC)C(=O)[C@](C)(C(=O)O)N(C(=O)C(N)CC)C(=O)[C@H](CC(C)C)N(C)C(=O)[C@@H](NC(=O)[C@H](CC(C)C)N(C)C(=O)CN(C)C(=O)[C@H](C(C)C)N(C)C(=O)[C@H](CC(C)C)N(C)C(=O)[C@H](CC(C)C)N(C)C(=O)[C@@H](C)N)C(C)CF. The van der Waals surface area contributed by atoms with Crippen LogP contribution in [-0.2, 0) is 52.7 Å². The van der Waals surface area contributed by atoms with Gasteiger partial charge in [0.1, 0.15) is 36.3 Å². The molecule has 0 aliphatic heterocycles. The molecule has 0 aromatic heterocycles. The van der Waals surface area contributed by atoms with Crippen LogP contribution in [0.2, 0.25) is 0 Å². The smallest absolute Gasteiger partial charge is 0.337 e. The van der Waals surface area contributed by atoms with Crippen LogP contribution < -0.4 is 22.1 Å². The molecule has 24 nitrogen and oxygen atoms in total. The van der Waals surface area contributed by atoms with Gasteiger partial charge in [-0.2, -0.15) is 0 Å². The highest BCUT2D eigenvalue weighted by Crippen LogP contribution is 2.29. The number of rotatable bonds is 37. The van der Waals surface area contributed by atoms with Crippen LogP contribution in [0.25, 0.3) is 0 Å². The van der Waals surface area contributed by atoms with Gasteiger partial charge in [0.05, 0.1) is 37.4 Å². The number of imide groups is 1. The summed E-state index contributed by atoms with van der Waals surface area (Å²) in [7, 11) is 9.58. The van der Waals surface area contributed by atoms with E-state index < -0.39 is 168 Å². The predicted octanol–water partition coefficient (Wildman–Crippen LogP) is 2.91. The van der Waals surface area contributed by atoms with E-state index in [0.29, 0.717) is 0 Å². The lowest BCUT2D eigenvalue weighted by Crippen LogP contribution is -2.71. The number of alkyl halides is 1. The fourth-order valence-electron chi connectivity index (χ4n) is 10.5. The van der Waals surface area contributed by atoms with Gasteiger partial charge in [-0.15, -0.1) is 0 Å². The molecule has 0 saturated carbocycles. The van der Waals surface area contributed by atoms with Crippen LogP contribution >= 0.6 is 0 Å². The van der Waals surface area contributed by atoms with Crippen molar-refractivity contribution < 1.29 is 67.3 Å². The van der Waals surface area contributed by atoms with Crippen molar-refractivity contribution in [3.63, 3.8) is 0 Å². The number of amides is 9. The predicted molar refractivity (Wildman–Crippen MR) is 332 cm³/mol. The van der Waals surface area contributed by atoms with Crippen molar-refractivity contribution >= 4 is 64.9 Å². The number of ketones is 1. The molecule has 0 heterocycles. The molecule has 0 fully saturated rings. The number of aliphatic hydroxyl groups excluding tert-OH is 1. The summed E-state index contributed by atoms with van der Waals surface area (Å²) in [5.41, 5.74) is 9.12. The molecule has 0 bridgehead atoms. The number of likely N-dealkylation sites (N-methyl/N-ethyl adjacent to an activating group) is 7. The quantitative estimate of drug-likeness (QED) is 0.0385. The van der Waals surface area contributed by atoms with Crippen LogP contribution in [0.15, 0.2) is 12.2 Å². The van der Waals surface area contributed by atoms with Gasteiger partial charge in [0.25, 0.3) is 5.91 Å². The van der Waals surface area contributed by atoms with Crippen LogP contribution in [0.4, 0.5) is 4.39 Å². The Kier molecular flexibility index (Phi) is 34.0. The summed E-state index contributed by atoms with van der Waals surface area (Å²) in [6.45, 7) is 24.7. The van der Waals surface area contributed by atoms with Gasteiger partial charge in [0.2, 0.25) is 52.8 Å². The molecule has 2 unspecified atom stereocenters. The van der Waals surface area contributed by atoms with Gasteiger partial charge in [0.15, 0.2) is 5.78 Å². The molecule has 0 aliphatic carbocycles. The van der Waals surface area contributed by atoms with Crippen molar-refractivity contribution in [1.29, 1.82) is 0 Å². The molecule has 500 valence electrons. The number of halogens is 1. The normalized spacial score (nSPS) is 16.7. The lowest BCUT2D eigenvalue weighted by Gasteiger charge is -2.43. The fraction of sp³-hybridized carbons (Fsp3) is 0.790. The Morgan fingerprint density at radius 2 is 1.00 bits per heavy atom. The Morgan fingerprint density at radius 3 is 1.39 bits per heavy atom.